The molecule has 1 saturated heterocycles. The first kappa shape index (κ1) is 26.6. The van der Waals surface area contributed by atoms with E-state index in [0.717, 1.165) is 82.5 Å². The van der Waals surface area contributed by atoms with Gasteiger partial charge in [0.05, 0.1) is 18.1 Å². The van der Waals surface area contributed by atoms with E-state index in [2.05, 4.69) is 23.6 Å². The smallest absolute Gasteiger partial charge is 0.269 e. The Balaban J connectivity index is 1.62. The number of rotatable bonds is 14. The van der Waals surface area contributed by atoms with Gasteiger partial charge in [0.1, 0.15) is 0 Å². The van der Waals surface area contributed by atoms with Gasteiger partial charge in [-0.15, -0.1) is 0 Å². The average Bonchev–Trinajstić information content (AvgIpc) is 2.87. The maximum Gasteiger partial charge on any atom is 0.269 e. The molecule has 0 aromatic heterocycles. The zero-order valence-electron chi connectivity index (χ0n) is 21.1. The van der Waals surface area contributed by atoms with Crippen LogP contribution in [0.1, 0.15) is 57.9 Å². The molecule has 0 aliphatic carbocycles. The molecule has 192 valence electrons. The third-order valence-corrected chi connectivity index (χ3v) is 6.31. The van der Waals surface area contributed by atoms with Gasteiger partial charge in [0, 0.05) is 50.5 Å². The molecule has 35 heavy (non-hydrogen) atoms. The second-order valence-electron chi connectivity index (χ2n) is 9.09. The van der Waals surface area contributed by atoms with Crippen LogP contribution in [0.25, 0.3) is 0 Å². The SMILES string of the molecule is CCCCCOc1cc(CN2CCN(c3ccc([N+](=O)[O-])cc3)CC2)cc(OCCCCC)c1O. The van der Waals surface area contributed by atoms with Gasteiger partial charge in [-0.1, -0.05) is 39.5 Å². The number of ether oxygens (including phenoxy) is 2. The van der Waals surface area contributed by atoms with Crippen molar-refractivity contribution in [1.29, 1.82) is 0 Å². The standard InChI is InChI=1S/C27H39N3O5/c1-3-5-7-17-34-25-19-22(20-26(27(25)31)35-18-8-6-4-2)21-28-13-15-29(16-14-28)23-9-11-24(12-10-23)30(32)33/h9-12,19-20,31H,3-8,13-18,21H2,1-2H3. The fraction of sp³-hybridized carbons (Fsp3) is 0.556. The largest absolute Gasteiger partial charge is 0.502 e. The Morgan fingerprint density at radius 1 is 0.886 bits per heavy atom. The van der Waals surface area contributed by atoms with E-state index in [-0.39, 0.29) is 16.4 Å². The molecule has 0 unspecified atom stereocenters. The number of hydrogen-bond acceptors (Lipinski definition) is 7. The topological polar surface area (TPSA) is 88.3 Å². The number of piperazine rings is 1. The van der Waals surface area contributed by atoms with Crippen molar-refractivity contribution in [2.75, 3.05) is 44.3 Å². The minimum absolute atomic E-state index is 0.0877. The van der Waals surface area contributed by atoms with Crippen molar-refractivity contribution < 1.29 is 19.5 Å². The predicted octanol–water partition coefficient (Wildman–Crippen LogP) is 5.76. The number of nitrogens with zero attached hydrogens (tertiary/aromatic N) is 3. The van der Waals surface area contributed by atoms with Crippen LogP contribution in [0, 0.1) is 10.1 Å². The molecule has 2 aromatic carbocycles. The number of unbranched alkanes of at least 4 members (excludes halogenated alkanes) is 4. The summed E-state index contributed by atoms with van der Waals surface area (Å²) in [6.45, 7) is 9.64. The normalized spacial score (nSPS) is 14.2. The first-order chi connectivity index (χ1) is 17.0. The molecule has 2 aromatic rings. The summed E-state index contributed by atoms with van der Waals surface area (Å²) in [5.74, 6) is 1.08. The third kappa shape index (κ3) is 8.02. The number of benzene rings is 2. The maximum atomic E-state index is 10.9. The Labute approximate surface area is 208 Å². The Morgan fingerprint density at radius 3 is 1.91 bits per heavy atom. The Hall–Kier alpha value is -3.00. The molecule has 1 N–H and O–H groups in total. The van der Waals surface area contributed by atoms with Crippen LogP contribution in [0.3, 0.4) is 0 Å². The lowest BCUT2D eigenvalue weighted by molar-refractivity contribution is -0.384. The Morgan fingerprint density at radius 2 is 1.43 bits per heavy atom. The average molecular weight is 486 g/mol. The molecular weight excluding hydrogens is 446 g/mol. The number of phenols is 1. The van der Waals surface area contributed by atoms with E-state index in [1.54, 1.807) is 12.1 Å². The maximum absolute atomic E-state index is 10.9. The highest BCUT2D eigenvalue weighted by Gasteiger charge is 2.20. The summed E-state index contributed by atoms with van der Waals surface area (Å²) in [5, 5.41) is 21.6. The van der Waals surface area contributed by atoms with E-state index >= 15 is 0 Å². The van der Waals surface area contributed by atoms with Crippen LogP contribution in [-0.2, 0) is 6.54 Å². The zero-order chi connectivity index (χ0) is 25.0. The number of hydrogen-bond donors (Lipinski definition) is 1. The van der Waals surface area contributed by atoms with Crippen molar-refractivity contribution in [3.63, 3.8) is 0 Å². The molecule has 0 amide bonds. The van der Waals surface area contributed by atoms with Gasteiger partial charge in [0.25, 0.3) is 5.69 Å². The number of nitro benzene ring substituents is 1. The Bertz CT molecular complexity index is 894. The van der Waals surface area contributed by atoms with Crippen molar-refractivity contribution in [2.45, 2.75) is 58.9 Å². The fourth-order valence-corrected chi connectivity index (χ4v) is 4.22. The van der Waals surface area contributed by atoms with Gasteiger partial charge in [-0.05, 0) is 42.7 Å². The molecule has 1 heterocycles. The number of non-ortho nitro benzene ring substituents is 1. The molecule has 0 atom stereocenters. The summed E-state index contributed by atoms with van der Waals surface area (Å²) in [4.78, 5) is 15.2. The number of nitro groups is 1. The van der Waals surface area contributed by atoms with Gasteiger partial charge in [0.15, 0.2) is 11.5 Å². The third-order valence-electron chi connectivity index (χ3n) is 6.31. The monoisotopic (exact) mass is 485 g/mol. The van der Waals surface area contributed by atoms with E-state index < -0.39 is 0 Å². The summed E-state index contributed by atoms with van der Waals surface area (Å²) in [5.41, 5.74) is 2.17. The van der Waals surface area contributed by atoms with Crippen molar-refractivity contribution in [2.24, 2.45) is 0 Å². The second kappa shape index (κ2) is 13.8. The predicted molar refractivity (Wildman–Crippen MR) is 139 cm³/mol. The number of anilines is 1. The summed E-state index contributed by atoms with van der Waals surface area (Å²) >= 11 is 0. The summed E-state index contributed by atoms with van der Waals surface area (Å²) < 4.78 is 11.9. The van der Waals surface area contributed by atoms with Crippen LogP contribution < -0.4 is 14.4 Å². The van der Waals surface area contributed by atoms with Crippen LogP contribution in [-0.4, -0.2) is 54.3 Å². The molecule has 0 saturated carbocycles. The highest BCUT2D eigenvalue weighted by molar-refractivity contribution is 5.53. The molecule has 1 aliphatic heterocycles. The van der Waals surface area contributed by atoms with E-state index in [4.69, 9.17) is 9.47 Å². The second-order valence-corrected chi connectivity index (χ2v) is 9.09. The quantitative estimate of drug-likeness (QED) is 0.207. The molecule has 0 spiro atoms. The van der Waals surface area contributed by atoms with Crippen LogP contribution in [0.5, 0.6) is 17.2 Å². The minimum atomic E-state index is -0.372. The molecule has 8 nitrogen and oxygen atoms in total. The van der Waals surface area contributed by atoms with Crippen molar-refractivity contribution in [3.05, 3.63) is 52.1 Å². The highest BCUT2D eigenvalue weighted by atomic mass is 16.6. The van der Waals surface area contributed by atoms with Crippen LogP contribution >= 0.6 is 0 Å². The fourth-order valence-electron chi connectivity index (χ4n) is 4.22. The van der Waals surface area contributed by atoms with Crippen molar-refractivity contribution in [1.82, 2.24) is 4.90 Å². The lowest BCUT2D eigenvalue weighted by Crippen LogP contribution is -2.45. The van der Waals surface area contributed by atoms with Gasteiger partial charge in [-0.25, -0.2) is 0 Å². The van der Waals surface area contributed by atoms with Gasteiger partial charge < -0.3 is 19.5 Å². The lowest BCUT2D eigenvalue weighted by atomic mass is 10.1. The molecule has 8 heteroatoms. The van der Waals surface area contributed by atoms with Crippen LogP contribution in [0.2, 0.25) is 0 Å². The number of aromatic hydroxyl groups is 1. The van der Waals surface area contributed by atoms with E-state index in [1.807, 2.05) is 24.3 Å². The molecule has 0 radical (unpaired) electrons. The molecule has 0 bridgehead atoms. The van der Waals surface area contributed by atoms with E-state index in [1.165, 1.54) is 0 Å². The molecular formula is C27H39N3O5. The van der Waals surface area contributed by atoms with E-state index in [9.17, 15) is 15.2 Å². The lowest BCUT2D eigenvalue weighted by Gasteiger charge is -2.36. The zero-order valence-corrected chi connectivity index (χ0v) is 21.1. The summed E-state index contributed by atoms with van der Waals surface area (Å²) in [6, 6.07) is 10.6. The summed E-state index contributed by atoms with van der Waals surface area (Å²) in [6.07, 6.45) is 6.34. The first-order valence-corrected chi connectivity index (χ1v) is 12.8. The molecule has 1 aliphatic rings. The Kier molecular flexibility index (Phi) is 10.5. The summed E-state index contributed by atoms with van der Waals surface area (Å²) in [7, 11) is 0. The van der Waals surface area contributed by atoms with Gasteiger partial charge in [-0.2, -0.15) is 0 Å². The van der Waals surface area contributed by atoms with Crippen LogP contribution in [0.4, 0.5) is 11.4 Å². The van der Waals surface area contributed by atoms with Gasteiger partial charge >= 0.3 is 0 Å². The highest BCUT2D eigenvalue weighted by Crippen LogP contribution is 2.38. The first-order valence-electron chi connectivity index (χ1n) is 12.8. The minimum Gasteiger partial charge on any atom is -0.502 e. The van der Waals surface area contributed by atoms with Gasteiger partial charge in [-0.3, -0.25) is 15.0 Å². The van der Waals surface area contributed by atoms with Gasteiger partial charge in [0.2, 0.25) is 5.75 Å². The van der Waals surface area contributed by atoms with Crippen LogP contribution in [0.15, 0.2) is 36.4 Å². The van der Waals surface area contributed by atoms with E-state index in [0.29, 0.717) is 24.7 Å². The number of phenolic OH excluding ortho intramolecular Hbond substituents is 1. The van der Waals surface area contributed by atoms with Crippen molar-refractivity contribution in [3.8, 4) is 17.2 Å². The molecule has 1 fully saturated rings. The molecule has 3 rings (SSSR count). The van der Waals surface area contributed by atoms with Crippen molar-refractivity contribution >= 4 is 11.4 Å².